The highest BCUT2D eigenvalue weighted by Crippen LogP contribution is 2.23. The minimum Gasteiger partial charge on any atom is -0.392 e. The Morgan fingerprint density at radius 1 is 1.47 bits per heavy atom. The minimum atomic E-state index is -0.130. The lowest BCUT2D eigenvalue weighted by molar-refractivity contribution is 0.0681. The lowest BCUT2D eigenvalue weighted by Gasteiger charge is -2.35. The van der Waals surface area contributed by atoms with Crippen molar-refractivity contribution in [3.05, 3.63) is 32.4 Å². The fourth-order valence-electron chi connectivity index (χ4n) is 2.27. The number of carbonyl (C=O) groups is 1. The van der Waals surface area contributed by atoms with Crippen molar-refractivity contribution in [3.8, 4) is 0 Å². The highest BCUT2D eigenvalue weighted by Gasteiger charge is 2.29. The van der Waals surface area contributed by atoms with Crippen LogP contribution in [0.5, 0.6) is 0 Å². The van der Waals surface area contributed by atoms with E-state index in [2.05, 4.69) is 22.6 Å². The number of benzene rings is 1. The van der Waals surface area contributed by atoms with Crippen LogP contribution in [0.2, 0.25) is 5.02 Å². The molecule has 102 valence electrons. The maximum atomic E-state index is 12.5. The summed E-state index contributed by atoms with van der Waals surface area (Å²) in [6, 6.07) is 5.21. The van der Waals surface area contributed by atoms with Crippen molar-refractivity contribution in [3.63, 3.8) is 0 Å². The Hall–Kier alpha value is -0.400. The molecule has 1 saturated heterocycles. The van der Waals surface area contributed by atoms with Crippen LogP contribution in [0.3, 0.4) is 0 Å². The van der Waals surface area contributed by atoms with Gasteiger partial charge in [0.25, 0.3) is 5.91 Å². The molecule has 1 unspecified atom stereocenters. The summed E-state index contributed by atoms with van der Waals surface area (Å²) in [7, 11) is 0. The zero-order valence-corrected chi connectivity index (χ0v) is 14.0. The second kappa shape index (κ2) is 6.37. The molecule has 1 fully saturated rings. The number of hydrogen-bond acceptors (Lipinski definition) is 2. The van der Waals surface area contributed by atoms with Crippen LogP contribution in [0, 0.1) is 3.57 Å². The molecular formula is C13H14ClIN2OS. The molecule has 1 aromatic carbocycles. The molecule has 1 heterocycles. The largest absolute Gasteiger partial charge is 0.392 e. The van der Waals surface area contributed by atoms with E-state index in [1.807, 2.05) is 6.07 Å². The van der Waals surface area contributed by atoms with Crippen LogP contribution in [0.15, 0.2) is 18.2 Å². The Morgan fingerprint density at radius 3 is 2.84 bits per heavy atom. The van der Waals surface area contributed by atoms with E-state index in [1.165, 1.54) is 0 Å². The van der Waals surface area contributed by atoms with E-state index in [9.17, 15) is 4.79 Å². The maximum absolute atomic E-state index is 12.5. The second-order valence-corrected chi connectivity index (χ2v) is 6.58. The highest BCUT2D eigenvalue weighted by atomic mass is 127. The third kappa shape index (κ3) is 3.38. The summed E-state index contributed by atoms with van der Waals surface area (Å²) in [5.41, 5.74) is 6.33. The fourth-order valence-corrected chi connectivity index (χ4v) is 3.03. The smallest absolute Gasteiger partial charge is 0.254 e. The molecule has 6 heteroatoms. The normalized spacial score (nSPS) is 19.3. The van der Waals surface area contributed by atoms with E-state index < -0.39 is 0 Å². The summed E-state index contributed by atoms with van der Waals surface area (Å²) in [4.78, 5) is 14.7. The lowest BCUT2D eigenvalue weighted by Crippen LogP contribution is -2.49. The van der Waals surface area contributed by atoms with Crippen molar-refractivity contribution < 1.29 is 4.79 Å². The molecule has 1 atom stereocenters. The summed E-state index contributed by atoms with van der Waals surface area (Å²) >= 11 is 13.3. The standard InChI is InChI=1S/C13H14ClIN2OS/c14-9-7-8(4-5-10(9)15)13(18)17-6-2-1-3-11(17)12(16)19/h4-5,7,11H,1-3,6H2,(H2,16,19). The number of rotatable bonds is 2. The average molecular weight is 409 g/mol. The number of hydrogen-bond donors (Lipinski definition) is 1. The van der Waals surface area contributed by atoms with Crippen molar-refractivity contribution >= 4 is 57.3 Å². The summed E-state index contributed by atoms with van der Waals surface area (Å²) in [5, 5.41) is 0.593. The molecular weight excluding hydrogens is 395 g/mol. The van der Waals surface area contributed by atoms with Gasteiger partial charge in [0.05, 0.1) is 16.1 Å². The van der Waals surface area contributed by atoms with Gasteiger partial charge in [-0.15, -0.1) is 0 Å². The number of amides is 1. The SMILES string of the molecule is NC(=S)C1CCCCN1C(=O)c1ccc(I)c(Cl)c1. The summed E-state index contributed by atoms with van der Waals surface area (Å²) < 4.78 is 0.931. The first-order valence-corrected chi connectivity index (χ1v) is 7.92. The van der Waals surface area contributed by atoms with Crippen LogP contribution in [0.4, 0.5) is 0 Å². The van der Waals surface area contributed by atoms with E-state index >= 15 is 0 Å². The minimum absolute atomic E-state index is 0.0456. The number of likely N-dealkylation sites (tertiary alicyclic amines) is 1. The van der Waals surface area contributed by atoms with Gasteiger partial charge in [-0.2, -0.15) is 0 Å². The van der Waals surface area contributed by atoms with Crippen LogP contribution in [-0.2, 0) is 0 Å². The van der Waals surface area contributed by atoms with Crippen molar-refractivity contribution in [2.24, 2.45) is 5.73 Å². The van der Waals surface area contributed by atoms with Gasteiger partial charge in [0.2, 0.25) is 0 Å². The third-order valence-electron chi connectivity index (χ3n) is 3.26. The van der Waals surface area contributed by atoms with Crippen molar-refractivity contribution in [1.82, 2.24) is 4.90 Å². The molecule has 0 radical (unpaired) electrons. The van der Waals surface area contributed by atoms with Crippen LogP contribution in [0.1, 0.15) is 29.6 Å². The molecule has 0 bridgehead atoms. The number of nitrogens with two attached hydrogens (primary N) is 1. The number of piperidine rings is 1. The van der Waals surface area contributed by atoms with Gasteiger partial charge >= 0.3 is 0 Å². The van der Waals surface area contributed by atoms with E-state index in [0.717, 1.165) is 22.8 Å². The van der Waals surface area contributed by atoms with Gasteiger partial charge in [-0.1, -0.05) is 23.8 Å². The molecule has 0 saturated carbocycles. The predicted octanol–water partition coefficient (Wildman–Crippen LogP) is 3.23. The van der Waals surface area contributed by atoms with E-state index in [1.54, 1.807) is 17.0 Å². The van der Waals surface area contributed by atoms with Gasteiger partial charge in [-0.05, 0) is 60.1 Å². The topological polar surface area (TPSA) is 46.3 Å². The molecule has 1 aliphatic heterocycles. The first-order valence-electron chi connectivity index (χ1n) is 6.06. The molecule has 1 amide bonds. The number of thiocarbonyl (C=S) groups is 1. The van der Waals surface area contributed by atoms with Crippen LogP contribution < -0.4 is 5.73 Å². The molecule has 1 aromatic rings. The molecule has 1 aliphatic rings. The predicted molar refractivity (Wildman–Crippen MR) is 89.6 cm³/mol. The van der Waals surface area contributed by atoms with Crippen molar-refractivity contribution in [1.29, 1.82) is 0 Å². The Morgan fingerprint density at radius 2 is 2.21 bits per heavy atom. The third-order valence-corrected chi connectivity index (χ3v) is 5.10. The average Bonchev–Trinajstić information content (AvgIpc) is 2.41. The first-order chi connectivity index (χ1) is 9.00. The molecule has 0 aromatic heterocycles. The van der Waals surface area contributed by atoms with Gasteiger partial charge in [0.15, 0.2) is 0 Å². The van der Waals surface area contributed by atoms with Gasteiger partial charge in [0.1, 0.15) is 0 Å². The maximum Gasteiger partial charge on any atom is 0.254 e. The Bertz CT molecular complexity index is 523. The zero-order chi connectivity index (χ0) is 14.0. The van der Waals surface area contributed by atoms with Gasteiger partial charge in [-0.25, -0.2) is 0 Å². The molecule has 3 nitrogen and oxygen atoms in total. The second-order valence-electron chi connectivity index (χ2n) is 4.54. The first kappa shape index (κ1) is 15.0. The Labute approximate surface area is 136 Å². The zero-order valence-electron chi connectivity index (χ0n) is 10.2. The van der Waals surface area contributed by atoms with Crippen LogP contribution in [0.25, 0.3) is 0 Å². The van der Waals surface area contributed by atoms with Crippen molar-refractivity contribution in [2.75, 3.05) is 6.54 Å². The van der Waals surface area contributed by atoms with E-state index in [4.69, 9.17) is 29.6 Å². The Balaban J connectivity index is 2.26. The number of carbonyl (C=O) groups excluding carboxylic acids is 1. The molecule has 2 N–H and O–H groups in total. The fraction of sp³-hybridized carbons (Fsp3) is 0.385. The molecule has 0 spiro atoms. The quantitative estimate of drug-likeness (QED) is 0.604. The van der Waals surface area contributed by atoms with Crippen LogP contribution >= 0.6 is 46.4 Å². The molecule has 2 rings (SSSR count). The summed E-state index contributed by atoms with van der Waals surface area (Å²) in [6.07, 6.45) is 2.89. The van der Waals surface area contributed by atoms with E-state index in [0.29, 0.717) is 22.1 Å². The van der Waals surface area contributed by atoms with Gasteiger partial charge in [-0.3, -0.25) is 4.79 Å². The molecule has 19 heavy (non-hydrogen) atoms. The summed E-state index contributed by atoms with van der Waals surface area (Å²) in [5.74, 6) is -0.0456. The molecule has 0 aliphatic carbocycles. The summed E-state index contributed by atoms with van der Waals surface area (Å²) in [6.45, 7) is 0.699. The number of halogens is 2. The number of nitrogens with zero attached hydrogens (tertiary/aromatic N) is 1. The van der Waals surface area contributed by atoms with Gasteiger partial charge in [0, 0.05) is 15.7 Å². The van der Waals surface area contributed by atoms with Crippen LogP contribution in [-0.4, -0.2) is 28.4 Å². The Kier molecular flexibility index (Phi) is 5.03. The monoisotopic (exact) mass is 408 g/mol. The van der Waals surface area contributed by atoms with Gasteiger partial charge < -0.3 is 10.6 Å². The highest BCUT2D eigenvalue weighted by molar-refractivity contribution is 14.1. The lowest BCUT2D eigenvalue weighted by atomic mass is 10.0. The van der Waals surface area contributed by atoms with Crippen molar-refractivity contribution in [2.45, 2.75) is 25.3 Å². The van der Waals surface area contributed by atoms with E-state index in [-0.39, 0.29) is 11.9 Å².